The molecule has 0 saturated heterocycles. The first-order chi connectivity index (χ1) is 6.88. The maximum absolute atomic E-state index is 8.72. The van der Waals surface area contributed by atoms with Crippen LogP contribution in [0.3, 0.4) is 0 Å². The van der Waals surface area contributed by atoms with E-state index in [1.165, 1.54) is 0 Å². The Morgan fingerprint density at radius 1 is 1.21 bits per heavy atom. The highest BCUT2D eigenvalue weighted by Gasteiger charge is 2.04. The van der Waals surface area contributed by atoms with Crippen molar-refractivity contribution in [2.45, 2.75) is 13.0 Å². The van der Waals surface area contributed by atoms with E-state index in [0.29, 0.717) is 12.2 Å². The number of benzene rings is 1. The Labute approximate surface area is 81.2 Å². The van der Waals surface area contributed by atoms with Crippen molar-refractivity contribution in [1.82, 2.24) is 10.1 Å². The average molecular weight is 190 g/mol. The molecule has 0 fully saturated rings. The molecule has 4 heteroatoms. The molecule has 0 saturated carbocycles. The van der Waals surface area contributed by atoms with E-state index >= 15 is 0 Å². The van der Waals surface area contributed by atoms with Gasteiger partial charge in [-0.3, -0.25) is 0 Å². The van der Waals surface area contributed by atoms with Gasteiger partial charge in [-0.15, -0.1) is 0 Å². The fraction of sp³-hybridized carbons (Fsp3) is 0.200. The molecule has 14 heavy (non-hydrogen) atoms. The van der Waals surface area contributed by atoms with E-state index in [1.807, 2.05) is 30.3 Å². The lowest BCUT2D eigenvalue weighted by atomic mass is 10.1. The molecule has 1 aromatic heterocycles. The van der Waals surface area contributed by atoms with Gasteiger partial charge in [0.1, 0.15) is 6.61 Å². The summed E-state index contributed by atoms with van der Waals surface area (Å²) in [4.78, 5) is 4.00. The zero-order chi connectivity index (χ0) is 9.80. The maximum atomic E-state index is 8.72. The average Bonchev–Trinajstić information content (AvgIpc) is 2.67. The van der Waals surface area contributed by atoms with Crippen LogP contribution in [0.4, 0.5) is 0 Å². The highest BCUT2D eigenvalue weighted by Crippen LogP contribution is 2.06. The van der Waals surface area contributed by atoms with Crippen molar-refractivity contribution in [1.29, 1.82) is 0 Å². The Balaban J connectivity index is 2.11. The first-order valence-corrected chi connectivity index (χ1v) is 4.35. The Bertz CT molecular complexity index is 398. The van der Waals surface area contributed by atoms with E-state index in [1.54, 1.807) is 0 Å². The van der Waals surface area contributed by atoms with Crippen molar-refractivity contribution in [3.8, 4) is 0 Å². The number of aliphatic hydroxyl groups is 1. The van der Waals surface area contributed by atoms with Crippen LogP contribution in [-0.2, 0) is 13.0 Å². The molecule has 1 N–H and O–H groups in total. The Morgan fingerprint density at radius 3 is 2.64 bits per heavy atom. The van der Waals surface area contributed by atoms with Crippen LogP contribution in [0, 0.1) is 0 Å². The van der Waals surface area contributed by atoms with Crippen LogP contribution in [0.25, 0.3) is 0 Å². The third-order valence-electron chi connectivity index (χ3n) is 1.85. The summed E-state index contributed by atoms with van der Waals surface area (Å²) >= 11 is 0. The Kier molecular flexibility index (Phi) is 2.55. The van der Waals surface area contributed by atoms with E-state index in [9.17, 15) is 0 Å². The summed E-state index contributed by atoms with van der Waals surface area (Å²) < 4.78 is 4.77. The number of hydrogen-bond donors (Lipinski definition) is 1. The van der Waals surface area contributed by atoms with Gasteiger partial charge in [-0.05, 0) is 5.56 Å². The molecule has 0 aliphatic carbocycles. The summed E-state index contributed by atoms with van der Waals surface area (Å²) in [6, 6.07) is 9.87. The van der Waals surface area contributed by atoms with Crippen LogP contribution in [0.15, 0.2) is 34.9 Å². The van der Waals surface area contributed by atoms with Gasteiger partial charge in [-0.25, -0.2) is 0 Å². The van der Waals surface area contributed by atoms with Crippen molar-refractivity contribution in [2.24, 2.45) is 0 Å². The number of aliphatic hydroxyl groups excluding tert-OH is 1. The Morgan fingerprint density at radius 2 is 2.00 bits per heavy atom. The second kappa shape index (κ2) is 4.02. The molecule has 0 bridgehead atoms. The Hall–Kier alpha value is -1.68. The first-order valence-electron chi connectivity index (χ1n) is 4.35. The third kappa shape index (κ3) is 1.97. The molecule has 72 valence electrons. The standard InChI is InChI=1S/C10H10N2O2/c13-7-10-11-9(12-14-10)6-8-4-2-1-3-5-8/h1-5,13H,6-7H2. The van der Waals surface area contributed by atoms with Gasteiger partial charge in [0.25, 0.3) is 5.89 Å². The molecule has 2 rings (SSSR count). The minimum Gasteiger partial charge on any atom is -0.387 e. The molecule has 0 unspecified atom stereocenters. The predicted octanol–water partition coefficient (Wildman–Crippen LogP) is 1.15. The van der Waals surface area contributed by atoms with E-state index in [2.05, 4.69) is 10.1 Å². The van der Waals surface area contributed by atoms with Crippen molar-refractivity contribution in [3.05, 3.63) is 47.6 Å². The SMILES string of the molecule is OCc1nc(Cc2ccccc2)no1. The lowest BCUT2D eigenvalue weighted by Gasteiger charge is -1.93. The molecule has 1 heterocycles. The normalized spacial score (nSPS) is 10.4. The minimum absolute atomic E-state index is 0.207. The van der Waals surface area contributed by atoms with Crippen molar-refractivity contribution >= 4 is 0 Å². The zero-order valence-corrected chi connectivity index (χ0v) is 7.55. The summed E-state index contributed by atoms with van der Waals surface area (Å²) in [5, 5.41) is 12.5. The zero-order valence-electron chi connectivity index (χ0n) is 7.55. The largest absolute Gasteiger partial charge is 0.387 e. The van der Waals surface area contributed by atoms with Gasteiger partial charge in [0.15, 0.2) is 5.82 Å². The van der Waals surface area contributed by atoms with Gasteiger partial charge in [0, 0.05) is 6.42 Å². The van der Waals surface area contributed by atoms with E-state index in [4.69, 9.17) is 9.63 Å². The van der Waals surface area contributed by atoms with Crippen LogP contribution in [0.2, 0.25) is 0 Å². The van der Waals surface area contributed by atoms with E-state index < -0.39 is 0 Å². The second-order valence-electron chi connectivity index (χ2n) is 2.92. The highest BCUT2D eigenvalue weighted by atomic mass is 16.5. The van der Waals surface area contributed by atoms with Gasteiger partial charge < -0.3 is 9.63 Å². The number of hydrogen-bond acceptors (Lipinski definition) is 4. The van der Waals surface area contributed by atoms with Crippen LogP contribution >= 0.6 is 0 Å². The fourth-order valence-electron chi connectivity index (χ4n) is 1.20. The lowest BCUT2D eigenvalue weighted by molar-refractivity contribution is 0.222. The van der Waals surface area contributed by atoms with Gasteiger partial charge in [0.2, 0.25) is 0 Å². The van der Waals surface area contributed by atoms with Crippen molar-refractivity contribution in [3.63, 3.8) is 0 Å². The molecule has 0 amide bonds. The topological polar surface area (TPSA) is 59.2 Å². The maximum Gasteiger partial charge on any atom is 0.252 e. The quantitative estimate of drug-likeness (QED) is 0.788. The van der Waals surface area contributed by atoms with Crippen LogP contribution in [0.1, 0.15) is 17.3 Å². The van der Waals surface area contributed by atoms with Crippen LogP contribution in [-0.4, -0.2) is 15.2 Å². The summed E-state index contributed by atoms with van der Waals surface area (Å²) in [6.45, 7) is -0.207. The molecule has 0 spiro atoms. The highest BCUT2D eigenvalue weighted by molar-refractivity contribution is 5.18. The smallest absolute Gasteiger partial charge is 0.252 e. The van der Waals surface area contributed by atoms with E-state index in [-0.39, 0.29) is 12.5 Å². The molecule has 2 aromatic rings. The van der Waals surface area contributed by atoms with Crippen molar-refractivity contribution in [2.75, 3.05) is 0 Å². The molecule has 1 aromatic carbocycles. The first kappa shape index (κ1) is 8.90. The monoisotopic (exact) mass is 190 g/mol. The fourth-order valence-corrected chi connectivity index (χ4v) is 1.20. The van der Waals surface area contributed by atoms with Gasteiger partial charge in [0.05, 0.1) is 0 Å². The second-order valence-corrected chi connectivity index (χ2v) is 2.92. The molecule has 0 aliphatic heterocycles. The van der Waals surface area contributed by atoms with Crippen LogP contribution < -0.4 is 0 Å². The van der Waals surface area contributed by atoms with Crippen LogP contribution in [0.5, 0.6) is 0 Å². The summed E-state index contributed by atoms with van der Waals surface area (Å²) in [5.41, 5.74) is 1.12. The molecular formula is C10H10N2O2. The summed E-state index contributed by atoms with van der Waals surface area (Å²) in [6.07, 6.45) is 0.629. The number of nitrogens with zero attached hydrogens (tertiary/aromatic N) is 2. The number of aromatic nitrogens is 2. The van der Waals surface area contributed by atoms with E-state index in [0.717, 1.165) is 5.56 Å². The molecular weight excluding hydrogens is 180 g/mol. The summed E-state index contributed by atoms with van der Waals surface area (Å²) in [7, 11) is 0. The lowest BCUT2D eigenvalue weighted by Crippen LogP contribution is -1.90. The predicted molar refractivity (Wildman–Crippen MR) is 49.5 cm³/mol. The molecule has 0 atom stereocenters. The van der Waals surface area contributed by atoms with Crippen molar-refractivity contribution < 1.29 is 9.63 Å². The van der Waals surface area contributed by atoms with Gasteiger partial charge in [-0.1, -0.05) is 35.5 Å². The van der Waals surface area contributed by atoms with Gasteiger partial charge >= 0.3 is 0 Å². The molecule has 4 nitrogen and oxygen atoms in total. The molecule has 0 aliphatic rings. The minimum atomic E-state index is -0.207. The van der Waals surface area contributed by atoms with Gasteiger partial charge in [-0.2, -0.15) is 4.98 Å². The number of rotatable bonds is 3. The summed E-state index contributed by atoms with van der Waals surface area (Å²) in [5.74, 6) is 0.858. The molecule has 0 radical (unpaired) electrons. The third-order valence-corrected chi connectivity index (χ3v) is 1.85.